The number of allylic oxidation sites excluding steroid dienone is 2. The molecule has 26 heavy (non-hydrogen) atoms. The van der Waals surface area contributed by atoms with Crippen LogP contribution in [0.15, 0.2) is 66.3 Å². The quantitative estimate of drug-likeness (QED) is 0.281. The van der Waals surface area contributed by atoms with Gasteiger partial charge in [-0.25, -0.2) is 0 Å². The molecule has 0 unspecified atom stereocenters. The van der Waals surface area contributed by atoms with Gasteiger partial charge in [-0.15, -0.1) is 0 Å². The number of hydrogen-bond acceptors (Lipinski definition) is 5. The standard InChI is InChI=1S/C19H15N3O4/c1-26-17-10-5-9-16(12-17)21-19(23)15(13-20)8-4-7-14-6-2-3-11-18(14)22(24)25/h2-12H,1H3,(H,21,23)/b7-4+,15-8+. The molecule has 0 aliphatic carbocycles. The molecule has 0 bridgehead atoms. The number of anilines is 1. The number of nitro groups is 1. The van der Waals surface area contributed by atoms with Crippen molar-refractivity contribution >= 4 is 23.4 Å². The van der Waals surface area contributed by atoms with E-state index in [0.717, 1.165) is 0 Å². The van der Waals surface area contributed by atoms with Gasteiger partial charge in [-0.1, -0.05) is 24.3 Å². The number of para-hydroxylation sites is 1. The molecule has 0 fully saturated rings. The van der Waals surface area contributed by atoms with Crippen molar-refractivity contribution in [1.29, 1.82) is 5.26 Å². The molecule has 2 rings (SSSR count). The van der Waals surface area contributed by atoms with Crippen LogP contribution in [-0.2, 0) is 4.79 Å². The summed E-state index contributed by atoms with van der Waals surface area (Å²) in [6.45, 7) is 0. The molecule has 7 nitrogen and oxygen atoms in total. The Kier molecular flexibility index (Phi) is 6.23. The van der Waals surface area contributed by atoms with Crippen LogP contribution in [-0.4, -0.2) is 17.9 Å². The summed E-state index contributed by atoms with van der Waals surface area (Å²) in [5, 5.41) is 22.7. The molecule has 0 radical (unpaired) electrons. The first-order valence-electron chi connectivity index (χ1n) is 7.52. The van der Waals surface area contributed by atoms with Gasteiger partial charge in [0.25, 0.3) is 11.6 Å². The molecule has 0 aromatic heterocycles. The maximum atomic E-state index is 12.2. The van der Waals surface area contributed by atoms with Crippen LogP contribution in [0.4, 0.5) is 11.4 Å². The van der Waals surface area contributed by atoms with Crippen LogP contribution in [0.3, 0.4) is 0 Å². The second-order valence-corrected chi connectivity index (χ2v) is 5.05. The van der Waals surface area contributed by atoms with Crippen molar-refractivity contribution in [1.82, 2.24) is 0 Å². The van der Waals surface area contributed by atoms with Gasteiger partial charge >= 0.3 is 0 Å². The second-order valence-electron chi connectivity index (χ2n) is 5.05. The molecule has 2 aromatic carbocycles. The molecular formula is C19H15N3O4. The van der Waals surface area contributed by atoms with Gasteiger partial charge in [0.05, 0.1) is 17.6 Å². The Morgan fingerprint density at radius 2 is 2.04 bits per heavy atom. The Morgan fingerprint density at radius 1 is 1.27 bits per heavy atom. The van der Waals surface area contributed by atoms with Gasteiger partial charge in [-0.05, 0) is 30.4 Å². The zero-order valence-electron chi connectivity index (χ0n) is 13.9. The van der Waals surface area contributed by atoms with Crippen LogP contribution in [0.1, 0.15) is 5.56 Å². The second kappa shape index (κ2) is 8.80. The largest absolute Gasteiger partial charge is 0.497 e. The Bertz CT molecular complexity index is 926. The lowest BCUT2D eigenvalue weighted by molar-refractivity contribution is -0.385. The zero-order valence-corrected chi connectivity index (χ0v) is 13.9. The number of methoxy groups -OCH3 is 1. The fraction of sp³-hybridized carbons (Fsp3) is 0.0526. The summed E-state index contributed by atoms with van der Waals surface area (Å²) in [6.07, 6.45) is 4.19. The smallest absolute Gasteiger partial charge is 0.276 e. The minimum atomic E-state index is -0.590. The molecule has 7 heteroatoms. The molecule has 0 atom stereocenters. The molecule has 130 valence electrons. The summed E-state index contributed by atoms with van der Waals surface area (Å²) in [5.74, 6) is -0.0189. The van der Waals surface area contributed by atoms with E-state index in [1.807, 2.05) is 6.07 Å². The van der Waals surface area contributed by atoms with E-state index in [9.17, 15) is 14.9 Å². The van der Waals surface area contributed by atoms with Crippen molar-refractivity contribution in [2.75, 3.05) is 12.4 Å². The number of rotatable bonds is 6. The SMILES string of the molecule is COc1cccc(NC(=O)/C(C#N)=C/C=C/c2ccccc2[N+](=O)[O-])c1. The molecule has 1 N–H and O–H groups in total. The molecule has 0 heterocycles. The van der Waals surface area contributed by atoms with E-state index in [-0.39, 0.29) is 11.3 Å². The van der Waals surface area contributed by atoms with E-state index in [0.29, 0.717) is 17.0 Å². The average molecular weight is 349 g/mol. The Balaban J connectivity index is 2.16. The van der Waals surface area contributed by atoms with Gasteiger partial charge in [0.1, 0.15) is 17.4 Å². The summed E-state index contributed by atoms with van der Waals surface area (Å²) in [6, 6.07) is 14.7. The number of nitriles is 1. The normalized spacial score (nSPS) is 11.0. The molecule has 0 aliphatic heterocycles. The van der Waals surface area contributed by atoms with E-state index in [1.54, 1.807) is 42.5 Å². The summed E-state index contributed by atoms with van der Waals surface area (Å²) >= 11 is 0. The number of carbonyl (C=O) groups is 1. The highest BCUT2D eigenvalue weighted by molar-refractivity contribution is 6.06. The Labute approximate surface area is 150 Å². The van der Waals surface area contributed by atoms with E-state index >= 15 is 0 Å². The highest BCUT2D eigenvalue weighted by Crippen LogP contribution is 2.19. The zero-order chi connectivity index (χ0) is 18.9. The first-order chi connectivity index (χ1) is 12.5. The van der Waals surface area contributed by atoms with E-state index in [1.165, 1.54) is 31.4 Å². The predicted molar refractivity (Wildman–Crippen MR) is 97.5 cm³/mol. The monoisotopic (exact) mass is 349 g/mol. The van der Waals surface area contributed by atoms with Crippen molar-refractivity contribution in [3.63, 3.8) is 0 Å². The summed E-state index contributed by atoms with van der Waals surface area (Å²) < 4.78 is 5.07. The molecular weight excluding hydrogens is 334 g/mol. The van der Waals surface area contributed by atoms with E-state index in [4.69, 9.17) is 10.00 Å². The Morgan fingerprint density at radius 3 is 2.73 bits per heavy atom. The van der Waals surface area contributed by atoms with Crippen LogP contribution >= 0.6 is 0 Å². The van der Waals surface area contributed by atoms with Crippen molar-refractivity contribution in [3.8, 4) is 11.8 Å². The molecule has 0 saturated carbocycles. The van der Waals surface area contributed by atoms with Crippen LogP contribution in [0.2, 0.25) is 0 Å². The van der Waals surface area contributed by atoms with Crippen molar-refractivity contribution in [2.45, 2.75) is 0 Å². The van der Waals surface area contributed by atoms with E-state index in [2.05, 4.69) is 5.32 Å². The number of amides is 1. The lowest BCUT2D eigenvalue weighted by Gasteiger charge is -2.05. The third-order valence-electron chi connectivity index (χ3n) is 3.36. The van der Waals surface area contributed by atoms with Gasteiger partial charge in [0, 0.05) is 17.8 Å². The molecule has 1 amide bonds. The van der Waals surface area contributed by atoms with Gasteiger partial charge in [-0.2, -0.15) is 5.26 Å². The summed E-state index contributed by atoms with van der Waals surface area (Å²) in [5.41, 5.74) is 0.663. The minimum absolute atomic E-state index is 0.0588. The topological polar surface area (TPSA) is 105 Å². The number of nitrogens with one attached hydrogen (secondary N) is 1. The molecule has 0 aliphatic rings. The fourth-order valence-corrected chi connectivity index (χ4v) is 2.11. The maximum Gasteiger partial charge on any atom is 0.276 e. The maximum absolute atomic E-state index is 12.2. The van der Waals surface area contributed by atoms with Gasteiger partial charge in [0.15, 0.2) is 0 Å². The summed E-state index contributed by atoms with van der Waals surface area (Å²) in [4.78, 5) is 22.6. The summed E-state index contributed by atoms with van der Waals surface area (Å²) in [7, 11) is 1.51. The number of ether oxygens (including phenoxy) is 1. The van der Waals surface area contributed by atoms with Crippen molar-refractivity contribution < 1.29 is 14.5 Å². The first kappa shape index (κ1) is 18.4. The lowest BCUT2D eigenvalue weighted by Crippen LogP contribution is -2.13. The third kappa shape index (κ3) is 4.79. The molecule has 0 saturated heterocycles. The average Bonchev–Trinajstić information content (AvgIpc) is 2.65. The lowest BCUT2D eigenvalue weighted by atomic mass is 10.1. The van der Waals surface area contributed by atoms with Crippen LogP contribution in [0, 0.1) is 21.4 Å². The fourth-order valence-electron chi connectivity index (χ4n) is 2.11. The number of benzene rings is 2. The third-order valence-corrected chi connectivity index (χ3v) is 3.36. The van der Waals surface area contributed by atoms with Gasteiger partial charge in [0.2, 0.25) is 0 Å². The van der Waals surface area contributed by atoms with Gasteiger partial charge in [-0.3, -0.25) is 14.9 Å². The number of nitrogens with zero attached hydrogens (tertiary/aromatic N) is 2. The number of hydrogen-bond donors (Lipinski definition) is 1. The van der Waals surface area contributed by atoms with Crippen LogP contribution < -0.4 is 10.1 Å². The first-order valence-corrected chi connectivity index (χ1v) is 7.52. The van der Waals surface area contributed by atoms with Crippen molar-refractivity contribution in [2.24, 2.45) is 0 Å². The van der Waals surface area contributed by atoms with Crippen LogP contribution in [0.5, 0.6) is 5.75 Å². The molecule has 2 aromatic rings. The number of nitro benzene ring substituents is 1. The number of carbonyl (C=O) groups excluding carboxylic acids is 1. The Hall–Kier alpha value is -3.92. The highest BCUT2D eigenvalue weighted by atomic mass is 16.6. The highest BCUT2D eigenvalue weighted by Gasteiger charge is 2.10. The van der Waals surface area contributed by atoms with E-state index < -0.39 is 10.8 Å². The minimum Gasteiger partial charge on any atom is -0.497 e. The predicted octanol–water partition coefficient (Wildman–Crippen LogP) is 3.71. The molecule has 0 spiro atoms. The van der Waals surface area contributed by atoms with Crippen LogP contribution in [0.25, 0.3) is 6.08 Å². The van der Waals surface area contributed by atoms with Crippen molar-refractivity contribution in [3.05, 3.63) is 81.9 Å². The van der Waals surface area contributed by atoms with Gasteiger partial charge < -0.3 is 10.1 Å².